The van der Waals surface area contributed by atoms with Crippen molar-refractivity contribution >= 4 is 17.6 Å². The Labute approximate surface area is 115 Å². The molecule has 1 fully saturated rings. The highest BCUT2D eigenvalue weighted by Crippen LogP contribution is 2.48. The predicted octanol–water partition coefficient (Wildman–Crippen LogP) is 0.519. The summed E-state index contributed by atoms with van der Waals surface area (Å²) in [6, 6.07) is 6.08. The smallest absolute Gasteiger partial charge is 0.228 e. The van der Waals surface area contributed by atoms with E-state index in [1.807, 2.05) is 12.2 Å². The molecular weight excluding hydrogens is 258 g/mol. The Kier molecular flexibility index (Phi) is 2.97. The summed E-state index contributed by atoms with van der Waals surface area (Å²) in [5.74, 6) is -2.81. The van der Waals surface area contributed by atoms with Gasteiger partial charge in [-0.2, -0.15) is 0 Å². The van der Waals surface area contributed by atoms with Crippen molar-refractivity contribution in [2.75, 3.05) is 5.32 Å². The number of phenols is 1. The van der Waals surface area contributed by atoms with Crippen molar-refractivity contribution in [3.63, 3.8) is 0 Å². The molecule has 104 valence electrons. The monoisotopic (exact) mass is 272 g/mol. The van der Waals surface area contributed by atoms with Gasteiger partial charge in [-0.05, 0) is 42.5 Å². The van der Waals surface area contributed by atoms with Gasteiger partial charge in [0.1, 0.15) is 5.75 Å². The van der Waals surface area contributed by atoms with Crippen LogP contribution in [0.4, 0.5) is 5.69 Å². The van der Waals surface area contributed by atoms with Crippen LogP contribution in [-0.2, 0) is 9.59 Å². The van der Waals surface area contributed by atoms with E-state index in [1.165, 1.54) is 12.1 Å². The van der Waals surface area contributed by atoms with Gasteiger partial charge in [0.15, 0.2) is 0 Å². The fraction of sp³-hybridized carbons (Fsp3) is 0.333. The first-order chi connectivity index (χ1) is 9.56. The predicted molar refractivity (Wildman–Crippen MR) is 69.5 cm³/mol. The summed E-state index contributed by atoms with van der Waals surface area (Å²) < 4.78 is 0. The molecule has 2 bridgehead atoms. The van der Waals surface area contributed by atoms with E-state index in [9.17, 15) is 19.8 Å². The molecule has 0 saturated heterocycles. The highest BCUT2D eigenvalue weighted by atomic mass is 16.4. The zero-order valence-corrected chi connectivity index (χ0v) is 10.7. The minimum absolute atomic E-state index is 0.0278. The van der Waals surface area contributed by atoms with E-state index in [-0.39, 0.29) is 23.5 Å². The highest BCUT2D eigenvalue weighted by molar-refractivity contribution is 5.96. The summed E-state index contributed by atoms with van der Waals surface area (Å²) >= 11 is 0. The molecule has 0 heterocycles. The van der Waals surface area contributed by atoms with Gasteiger partial charge < -0.3 is 20.3 Å². The van der Waals surface area contributed by atoms with Crippen LogP contribution in [0.5, 0.6) is 5.75 Å². The molecule has 0 spiro atoms. The third kappa shape index (κ3) is 2.05. The Hall–Kier alpha value is -2.30. The van der Waals surface area contributed by atoms with Crippen molar-refractivity contribution < 1.29 is 19.8 Å². The van der Waals surface area contributed by atoms with Gasteiger partial charge in [-0.3, -0.25) is 4.79 Å². The number of benzene rings is 1. The van der Waals surface area contributed by atoms with E-state index in [4.69, 9.17) is 0 Å². The summed E-state index contributed by atoms with van der Waals surface area (Å²) in [5.41, 5.74) is 0.539. The first-order valence-electron chi connectivity index (χ1n) is 6.55. The number of allylic oxidation sites excluding steroid dienone is 2. The molecule has 4 atom stereocenters. The summed E-state index contributed by atoms with van der Waals surface area (Å²) in [6.07, 6.45) is 4.49. The third-order valence-electron chi connectivity index (χ3n) is 4.17. The second-order valence-electron chi connectivity index (χ2n) is 5.36. The molecule has 2 N–H and O–H groups in total. The summed E-state index contributed by atoms with van der Waals surface area (Å²) in [5, 5.41) is 23.1. The zero-order chi connectivity index (χ0) is 14.3. The van der Waals surface area contributed by atoms with Crippen LogP contribution >= 0.6 is 0 Å². The zero-order valence-electron chi connectivity index (χ0n) is 10.7. The number of phenolic OH excluding ortho intramolecular Hbond substituents is 1. The van der Waals surface area contributed by atoms with E-state index in [0.717, 1.165) is 0 Å². The Morgan fingerprint density at radius 2 is 1.70 bits per heavy atom. The SMILES string of the molecule is O=C([O-])[C@@H]1[C@H](C(=O)Nc2ccc(O)cc2)[C@H]2C=C[C@H]1C2. The van der Waals surface area contributed by atoms with Gasteiger partial charge >= 0.3 is 0 Å². The summed E-state index contributed by atoms with van der Waals surface area (Å²) in [6.45, 7) is 0. The number of hydrogen-bond donors (Lipinski definition) is 2. The van der Waals surface area contributed by atoms with Crippen LogP contribution in [0.25, 0.3) is 0 Å². The molecule has 0 radical (unpaired) electrons. The average molecular weight is 272 g/mol. The van der Waals surface area contributed by atoms with E-state index in [2.05, 4.69) is 5.32 Å². The molecule has 2 aliphatic rings. The molecule has 1 amide bonds. The van der Waals surface area contributed by atoms with Crippen molar-refractivity contribution in [1.29, 1.82) is 0 Å². The first-order valence-corrected chi connectivity index (χ1v) is 6.55. The number of carboxylic acid groups (broad SMARTS) is 1. The number of carbonyl (C=O) groups excluding carboxylic acids is 2. The molecule has 1 aromatic carbocycles. The molecule has 20 heavy (non-hydrogen) atoms. The number of anilines is 1. The van der Waals surface area contributed by atoms with Gasteiger partial charge in [-0.1, -0.05) is 12.2 Å². The Morgan fingerprint density at radius 3 is 2.30 bits per heavy atom. The standard InChI is InChI=1S/C15H15NO4/c17-11-5-3-10(4-6-11)16-14(18)12-8-1-2-9(7-8)13(12)15(19)20/h1-6,8-9,12-13,17H,7H2,(H,16,18)(H,19,20)/p-1/t8-,9-,12+,13-/m0/s1. The molecule has 2 aliphatic carbocycles. The number of hydrogen-bond acceptors (Lipinski definition) is 4. The number of carbonyl (C=O) groups is 2. The molecule has 5 heteroatoms. The van der Waals surface area contributed by atoms with Gasteiger partial charge in [-0.15, -0.1) is 0 Å². The second-order valence-corrected chi connectivity index (χ2v) is 5.36. The lowest BCUT2D eigenvalue weighted by atomic mass is 9.82. The third-order valence-corrected chi connectivity index (χ3v) is 4.17. The molecule has 1 saturated carbocycles. The minimum atomic E-state index is -1.16. The van der Waals surface area contributed by atoms with Crippen LogP contribution < -0.4 is 10.4 Å². The van der Waals surface area contributed by atoms with Crippen molar-refractivity contribution in [3.05, 3.63) is 36.4 Å². The maximum Gasteiger partial charge on any atom is 0.228 e. The number of aliphatic carboxylic acids is 1. The van der Waals surface area contributed by atoms with Gasteiger partial charge in [0.2, 0.25) is 5.91 Å². The lowest BCUT2D eigenvalue weighted by molar-refractivity contribution is -0.313. The minimum Gasteiger partial charge on any atom is -0.550 e. The fourth-order valence-electron chi connectivity index (χ4n) is 3.27. The molecular formula is C15H14NO4-. The topological polar surface area (TPSA) is 89.5 Å². The van der Waals surface area contributed by atoms with Crippen molar-refractivity contribution in [2.45, 2.75) is 6.42 Å². The molecule has 5 nitrogen and oxygen atoms in total. The van der Waals surface area contributed by atoms with Crippen molar-refractivity contribution in [2.24, 2.45) is 23.7 Å². The fourth-order valence-corrected chi connectivity index (χ4v) is 3.27. The van der Waals surface area contributed by atoms with E-state index < -0.39 is 17.8 Å². The first kappa shape index (κ1) is 12.7. The van der Waals surface area contributed by atoms with E-state index >= 15 is 0 Å². The van der Waals surface area contributed by atoms with Crippen molar-refractivity contribution in [3.8, 4) is 5.75 Å². The largest absolute Gasteiger partial charge is 0.550 e. The maximum atomic E-state index is 12.3. The second kappa shape index (κ2) is 4.67. The lowest BCUT2D eigenvalue weighted by Gasteiger charge is -2.27. The van der Waals surface area contributed by atoms with Gasteiger partial charge in [0, 0.05) is 17.6 Å². The quantitative estimate of drug-likeness (QED) is 0.620. The van der Waals surface area contributed by atoms with Crippen LogP contribution in [0.3, 0.4) is 0 Å². The van der Waals surface area contributed by atoms with Crippen LogP contribution in [0.15, 0.2) is 36.4 Å². The Morgan fingerprint density at radius 1 is 1.10 bits per heavy atom. The molecule has 0 aromatic heterocycles. The molecule has 1 aromatic rings. The normalized spacial score (nSPS) is 30.4. The molecule has 0 unspecified atom stereocenters. The van der Waals surface area contributed by atoms with Crippen LogP contribution in [0.2, 0.25) is 0 Å². The summed E-state index contributed by atoms with van der Waals surface area (Å²) in [7, 11) is 0. The number of amides is 1. The van der Waals surface area contributed by atoms with Crippen molar-refractivity contribution in [1.82, 2.24) is 0 Å². The van der Waals surface area contributed by atoms with E-state index in [0.29, 0.717) is 12.1 Å². The Balaban J connectivity index is 1.78. The number of fused-ring (bicyclic) bond motifs is 2. The number of aromatic hydroxyl groups is 1. The maximum absolute atomic E-state index is 12.3. The van der Waals surface area contributed by atoms with Crippen LogP contribution in [-0.4, -0.2) is 17.0 Å². The lowest BCUT2D eigenvalue weighted by Crippen LogP contribution is -2.42. The molecule has 3 rings (SSSR count). The summed E-state index contributed by atoms with van der Waals surface area (Å²) in [4.78, 5) is 23.6. The number of nitrogens with one attached hydrogen (secondary N) is 1. The number of rotatable bonds is 3. The number of carboxylic acids is 1. The van der Waals surface area contributed by atoms with E-state index in [1.54, 1.807) is 12.1 Å². The van der Waals surface area contributed by atoms with Crippen LogP contribution in [0.1, 0.15) is 6.42 Å². The van der Waals surface area contributed by atoms with Gasteiger partial charge in [0.05, 0.1) is 5.92 Å². The van der Waals surface area contributed by atoms with Crippen LogP contribution in [0, 0.1) is 23.7 Å². The average Bonchev–Trinajstić information content (AvgIpc) is 3.01. The molecule has 0 aliphatic heterocycles. The van der Waals surface area contributed by atoms with Gasteiger partial charge in [0.25, 0.3) is 0 Å². The highest BCUT2D eigenvalue weighted by Gasteiger charge is 2.48. The van der Waals surface area contributed by atoms with Gasteiger partial charge in [-0.25, -0.2) is 0 Å². The Bertz CT molecular complexity index is 578.